The molecule has 224 valence electrons. The van der Waals surface area contributed by atoms with E-state index in [9.17, 15) is 19.5 Å². The maximum atomic E-state index is 13.7. The Bertz CT molecular complexity index is 1240. The summed E-state index contributed by atoms with van der Waals surface area (Å²) in [4.78, 5) is 42.0. The molecule has 2 N–H and O–H groups in total. The summed E-state index contributed by atoms with van der Waals surface area (Å²) in [5.41, 5.74) is 2.60. The Morgan fingerprint density at radius 1 is 0.976 bits per heavy atom. The molecule has 2 amide bonds. The van der Waals surface area contributed by atoms with Crippen LogP contribution in [0.15, 0.2) is 79.9 Å². The van der Waals surface area contributed by atoms with Crippen molar-refractivity contribution in [3.8, 4) is 0 Å². The lowest BCUT2D eigenvalue weighted by Gasteiger charge is -2.37. The van der Waals surface area contributed by atoms with Crippen LogP contribution in [-0.4, -0.2) is 52.6 Å². The SMILES string of the molecule is C=CC[C@H](CC(=O)N1Cc2ccccc2C[C@H]1CO)C(=O)NC1(COC(=O)[C@@H](CC=C)Cc2ccccc2)CCCC1. The van der Waals surface area contributed by atoms with E-state index in [-0.39, 0.29) is 49.4 Å². The molecule has 2 aromatic rings. The fourth-order valence-corrected chi connectivity index (χ4v) is 6.27. The van der Waals surface area contributed by atoms with E-state index in [1.807, 2.05) is 54.6 Å². The number of hydrogen-bond donors (Lipinski definition) is 2. The molecule has 42 heavy (non-hydrogen) atoms. The molecule has 0 spiro atoms. The molecule has 0 aromatic heterocycles. The Kier molecular flexibility index (Phi) is 11.1. The van der Waals surface area contributed by atoms with E-state index in [1.165, 1.54) is 0 Å². The van der Waals surface area contributed by atoms with Crippen LogP contribution in [0, 0.1) is 11.8 Å². The van der Waals surface area contributed by atoms with Crippen molar-refractivity contribution in [1.82, 2.24) is 10.2 Å². The van der Waals surface area contributed by atoms with Crippen molar-refractivity contribution < 1.29 is 24.2 Å². The Labute approximate surface area is 249 Å². The zero-order chi connectivity index (χ0) is 30.0. The predicted octanol–water partition coefficient (Wildman–Crippen LogP) is 4.92. The van der Waals surface area contributed by atoms with Crippen molar-refractivity contribution in [2.45, 2.75) is 75.9 Å². The Morgan fingerprint density at radius 2 is 1.62 bits per heavy atom. The number of benzene rings is 2. The molecule has 4 rings (SSSR count). The Balaban J connectivity index is 1.40. The number of ether oxygens (including phenoxy) is 1. The molecule has 1 fully saturated rings. The minimum atomic E-state index is -0.654. The van der Waals surface area contributed by atoms with E-state index >= 15 is 0 Å². The van der Waals surface area contributed by atoms with E-state index < -0.39 is 11.5 Å². The maximum absolute atomic E-state index is 13.7. The molecule has 2 aromatic carbocycles. The number of carbonyl (C=O) groups is 3. The molecule has 1 aliphatic heterocycles. The molecule has 1 aliphatic carbocycles. The van der Waals surface area contributed by atoms with E-state index in [4.69, 9.17) is 4.74 Å². The van der Waals surface area contributed by atoms with Gasteiger partial charge < -0.3 is 20.1 Å². The van der Waals surface area contributed by atoms with Gasteiger partial charge in [0.05, 0.1) is 30.0 Å². The van der Waals surface area contributed by atoms with Gasteiger partial charge in [0.15, 0.2) is 0 Å². The second-order valence-corrected chi connectivity index (χ2v) is 11.8. The van der Waals surface area contributed by atoms with Gasteiger partial charge in [0.2, 0.25) is 11.8 Å². The van der Waals surface area contributed by atoms with Crippen LogP contribution in [0.5, 0.6) is 0 Å². The molecule has 0 radical (unpaired) electrons. The highest BCUT2D eigenvalue weighted by Gasteiger charge is 2.40. The van der Waals surface area contributed by atoms with Gasteiger partial charge in [-0.25, -0.2) is 0 Å². The number of allylic oxidation sites excluding steroid dienone is 2. The number of hydrogen-bond acceptors (Lipinski definition) is 5. The fraction of sp³-hybridized carbons (Fsp3) is 0.457. The number of nitrogens with one attached hydrogen (secondary N) is 1. The first kappa shape index (κ1) is 31.2. The number of amides is 2. The molecule has 3 atom stereocenters. The topological polar surface area (TPSA) is 95.9 Å². The van der Waals surface area contributed by atoms with Gasteiger partial charge >= 0.3 is 5.97 Å². The van der Waals surface area contributed by atoms with Crippen LogP contribution in [0.4, 0.5) is 0 Å². The molecule has 7 heteroatoms. The second kappa shape index (κ2) is 15.0. The first-order valence-electron chi connectivity index (χ1n) is 15.1. The van der Waals surface area contributed by atoms with Gasteiger partial charge in [-0.05, 0) is 55.2 Å². The van der Waals surface area contributed by atoms with Crippen molar-refractivity contribution in [3.05, 3.63) is 96.6 Å². The maximum Gasteiger partial charge on any atom is 0.309 e. The van der Waals surface area contributed by atoms with Gasteiger partial charge in [0, 0.05) is 13.0 Å². The smallest absolute Gasteiger partial charge is 0.309 e. The molecule has 0 saturated heterocycles. The number of aliphatic hydroxyl groups excluding tert-OH is 1. The summed E-state index contributed by atoms with van der Waals surface area (Å²) in [6.07, 6.45) is 8.69. The number of nitrogens with zero attached hydrogens (tertiary/aromatic N) is 1. The van der Waals surface area contributed by atoms with Crippen LogP contribution < -0.4 is 5.32 Å². The van der Waals surface area contributed by atoms with Gasteiger partial charge in [-0.1, -0.05) is 79.6 Å². The van der Waals surface area contributed by atoms with Crippen molar-refractivity contribution in [2.24, 2.45) is 11.8 Å². The number of esters is 1. The lowest BCUT2D eigenvalue weighted by atomic mass is 9.91. The zero-order valence-corrected chi connectivity index (χ0v) is 24.5. The van der Waals surface area contributed by atoms with Crippen molar-refractivity contribution >= 4 is 17.8 Å². The van der Waals surface area contributed by atoms with Gasteiger partial charge in [-0.15, -0.1) is 13.2 Å². The highest BCUT2D eigenvalue weighted by atomic mass is 16.5. The normalized spacial score (nSPS) is 18.8. The first-order chi connectivity index (χ1) is 20.4. The van der Waals surface area contributed by atoms with Crippen LogP contribution in [0.2, 0.25) is 0 Å². The first-order valence-corrected chi connectivity index (χ1v) is 15.1. The van der Waals surface area contributed by atoms with Crippen LogP contribution >= 0.6 is 0 Å². The van der Waals surface area contributed by atoms with E-state index in [0.29, 0.717) is 45.1 Å². The van der Waals surface area contributed by atoms with Gasteiger partial charge in [-0.3, -0.25) is 14.4 Å². The predicted molar refractivity (Wildman–Crippen MR) is 163 cm³/mol. The largest absolute Gasteiger partial charge is 0.463 e. The molecule has 2 aliphatic rings. The van der Waals surface area contributed by atoms with E-state index in [1.54, 1.807) is 17.1 Å². The lowest BCUT2D eigenvalue weighted by Crippen LogP contribution is -2.53. The Morgan fingerprint density at radius 3 is 2.29 bits per heavy atom. The summed E-state index contributed by atoms with van der Waals surface area (Å²) in [6, 6.07) is 17.5. The summed E-state index contributed by atoms with van der Waals surface area (Å²) in [5.74, 6) is -1.64. The third-order valence-corrected chi connectivity index (χ3v) is 8.68. The van der Waals surface area contributed by atoms with Gasteiger partial charge in [0.1, 0.15) is 6.61 Å². The van der Waals surface area contributed by atoms with Crippen molar-refractivity contribution in [2.75, 3.05) is 13.2 Å². The minimum absolute atomic E-state index is 0.0187. The third-order valence-electron chi connectivity index (χ3n) is 8.68. The van der Waals surface area contributed by atoms with Crippen molar-refractivity contribution in [1.29, 1.82) is 0 Å². The molecular formula is C35H44N2O5. The fourth-order valence-electron chi connectivity index (χ4n) is 6.27. The van der Waals surface area contributed by atoms with E-state index in [0.717, 1.165) is 29.5 Å². The van der Waals surface area contributed by atoms with Crippen LogP contribution in [-0.2, 0) is 38.5 Å². The second-order valence-electron chi connectivity index (χ2n) is 11.8. The standard InChI is InChI=1S/C35H44N2O5/c1-3-12-28(22-32(39)37-23-30-17-9-8-16-27(30)21-31(37)24-38)33(40)36-35(18-10-11-19-35)25-42-34(41)29(13-4-2)20-26-14-6-5-7-15-26/h3-9,14-17,28-29,31,38H,1-2,10-13,18-25H2,(H,36,40)/t28-,29+,31+/m1/s1. The molecular weight excluding hydrogens is 528 g/mol. The molecule has 0 unspecified atom stereocenters. The molecule has 1 saturated carbocycles. The minimum Gasteiger partial charge on any atom is -0.463 e. The van der Waals surface area contributed by atoms with Gasteiger partial charge in [-0.2, -0.15) is 0 Å². The summed E-state index contributed by atoms with van der Waals surface area (Å²) < 4.78 is 5.87. The summed E-state index contributed by atoms with van der Waals surface area (Å²) in [7, 11) is 0. The molecule has 0 bridgehead atoms. The Hall–Kier alpha value is -3.71. The number of rotatable bonds is 14. The zero-order valence-electron chi connectivity index (χ0n) is 24.5. The number of fused-ring (bicyclic) bond motifs is 1. The van der Waals surface area contributed by atoms with E-state index in [2.05, 4.69) is 18.5 Å². The monoisotopic (exact) mass is 572 g/mol. The van der Waals surface area contributed by atoms with Gasteiger partial charge in [0.25, 0.3) is 0 Å². The molecule has 7 nitrogen and oxygen atoms in total. The summed E-state index contributed by atoms with van der Waals surface area (Å²) in [6.45, 7) is 8.01. The quantitative estimate of drug-likeness (QED) is 0.248. The summed E-state index contributed by atoms with van der Waals surface area (Å²) >= 11 is 0. The third kappa shape index (κ3) is 7.97. The van der Waals surface area contributed by atoms with Crippen LogP contribution in [0.25, 0.3) is 0 Å². The number of carbonyl (C=O) groups excluding carboxylic acids is 3. The average Bonchev–Trinajstić information content (AvgIpc) is 3.47. The van der Waals surface area contributed by atoms with Crippen LogP contribution in [0.3, 0.4) is 0 Å². The average molecular weight is 573 g/mol. The lowest BCUT2D eigenvalue weighted by molar-refractivity contribution is -0.152. The van der Waals surface area contributed by atoms with Crippen LogP contribution in [0.1, 0.15) is 61.6 Å². The highest BCUT2D eigenvalue weighted by Crippen LogP contribution is 2.32. The molecule has 1 heterocycles. The highest BCUT2D eigenvalue weighted by molar-refractivity contribution is 5.86. The van der Waals surface area contributed by atoms with Crippen molar-refractivity contribution in [3.63, 3.8) is 0 Å². The number of aliphatic hydroxyl groups is 1. The summed E-state index contributed by atoms with van der Waals surface area (Å²) in [5, 5.41) is 13.2.